The van der Waals surface area contributed by atoms with E-state index in [0.29, 0.717) is 14.5 Å². The lowest BCUT2D eigenvalue weighted by Crippen LogP contribution is -2.56. The first-order valence-electron chi connectivity index (χ1n) is 13.6. The number of carbonyl (C=O) groups is 4. The number of nitrogens with zero attached hydrogens (tertiary/aromatic N) is 1. The molecular weight excluding hydrogens is 679 g/mol. The summed E-state index contributed by atoms with van der Waals surface area (Å²) in [5, 5.41) is 18.5. The van der Waals surface area contributed by atoms with Gasteiger partial charge in [-0.25, -0.2) is 8.42 Å². The molecule has 3 atom stereocenters. The lowest BCUT2D eigenvalue weighted by Gasteiger charge is -2.27. The van der Waals surface area contributed by atoms with Crippen molar-refractivity contribution in [1.82, 2.24) is 16.0 Å². The minimum atomic E-state index is -4.30. The zero-order valence-electron chi connectivity index (χ0n) is 24.8. The molecule has 0 aliphatic rings. The van der Waals surface area contributed by atoms with Gasteiger partial charge >= 0.3 is 0 Å². The van der Waals surface area contributed by atoms with Crippen LogP contribution in [-0.2, 0) is 35.4 Å². The average Bonchev–Trinajstić information content (AvgIpc) is 2.87. The van der Waals surface area contributed by atoms with Crippen molar-refractivity contribution in [3.8, 4) is 0 Å². The number of halogens is 1. The van der Waals surface area contributed by atoms with E-state index in [-0.39, 0.29) is 49.1 Å². The summed E-state index contributed by atoms with van der Waals surface area (Å²) in [7, 11) is -4.30. The molecule has 3 amide bonds. The highest BCUT2D eigenvalue weighted by molar-refractivity contribution is 14.1. The number of hydrogen-bond donors (Lipinski definition) is 3. The van der Waals surface area contributed by atoms with E-state index in [0.717, 1.165) is 0 Å². The topological polar surface area (TPSA) is 182 Å². The first-order valence-corrected chi connectivity index (χ1v) is 16.2. The molecule has 0 fully saturated rings. The first kappa shape index (κ1) is 37.1. The SMILES string of the molecule is C=CS(=O)(=O)C(=O)[C@H](CC(C)C)NC(=O)[C@H](CC(C)C)NC(=O)[C@H](CC(C)C)NC(=O)Cc1ccc(I)c([N+](=O)[O-])c1. The third kappa shape index (κ3) is 12.2. The van der Waals surface area contributed by atoms with Crippen LogP contribution in [0.5, 0.6) is 0 Å². The number of nitro benzene ring substituents is 1. The van der Waals surface area contributed by atoms with E-state index in [2.05, 4.69) is 22.5 Å². The highest BCUT2D eigenvalue weighted by atomic mass is 127. The largest absolute Gasteiger partial charge is 0.344 e. The number of benzene rings is 1. The van der Waals surface area contributed by atoms with E-state index in [4.69, 9.17) is 0 Å². The summed E-state index contributed by atoms with van der Waals surface area (Å²) in [5.74, 6) is -2.10. The third-order valence-electron chi connectivity index (χ3n) is 6.08. The molecule has 0 saturated heterocycles. The molecular formula is C28H41IN4O8S. The molecule has 1 aromatic carbocycles. The highest BCUT2D eigenvalue weighted by Gasteiger charge is 2.34. The molecule has 0 unspecified atom stereocenters. The second-order valence-corrected chi connectivity index (χ2v) is 14.4. The number of rotatable bonds is 16. The first-order chi connectivity index (χ1) is 19.4. The van der Waals surface area contributed by atoms with Crippen LogP contribution in [-0.4, -0.2) is 54.3 Å². The Labute approximate surface area is 261 Å². The number of amides is 3. The van der Waals surface area contributed by atoms with E-state index in [1.165, 1.54) is 12.1 Å². The highest BCUT2D eigenvalue weighted by Crippen LogP contribution is 2.22. The van der Waals surface area contributed by atoms with Gasteiger partial charge in [-0.15, -0.1) is 0 Å². The zero-order chi connectivity index (χ0) is 32.4. The van der Waals surface area contributed by atoms with Gasteiger partial charge in [0.05, 0.1) is 14.9 Å². The number of sulfone groups is 1. The molecule has 0 bridgehead atoms. The van der Waals surface area contributed by atoms with Gasteiger partial charge in [-0.2, -0.15) is 0 Å². The Morgan fingerprint density at radius 2 is 1.33 bits per heavy atom. The summed E-state index contributed by atoms with van der Waals surface area (Å²) in [6.45, 7) is 14.1. The van der Waals surface area contributed by atoms with Gasteiger partial charge in [0, 0.05) is 11.5 Å². The molecule has 0 aliphatic carbocycles. The van der Waals surface area contributed by atoms with Crippen LogP contribution in [0.2, 0.25) is 0 Å². The second-order valence-electron chi connectivity index (χ2n) is 11.4. The minimum Gasteiger partial charge on any atom is -0.344 e. The normalized spacial score (nSPS) is 13.8. The quantitative estimate of drug-likeness (QED) is 0.132. The van der Waals surface area contributed by atoms with Crippen molar-refractivity contribution in [2.75, 3.05) is 0 Å². The number of carbonyl (C=O) groups excluding carboxylic acids is 4. The molecule has 1 aromatic rings. The lowest BCUT2D eigenvalue weighted by molar-refractivity contribution is -0.385. The average molecular weight is 721 g/mol. The Morgan fingerprint density at radius 1 is 0.881 bits per heavy atom. The molecule has 1 rings (SSSR count). The van der Waals surface area contributed by atoms with Gasteiger partial charge < -0.3 is 16.0 Å². The van der Waals surface area contributed by atoms with Gasteiger partial charge in [0.15, 0.2) is 0 Å². The van der Waals surface area contributed by atoms with Crippen molar-refractivity contribution in [1.29, 1.82) is 0 Å². The second kappa shape index (κ2) is 16.7. The Bertz CT molecular complexity index is 1280. The molecule has 14 heteroatoms. The number of hydrogen-bond acceptors (Lipinski definition) is 8. The van der Waals surface area contributed by atoms with Crippen molar-refractivity contribution in [2.24, 2.45) is 17.8 Å². The van der Waals surface area contributed by atoms with Crippen LogP contribution in [0.25, 0.3) is 0 Å². The smallest absolute Gasteiger partial charge is 0.282 e. The van der Waals surface area contributed by atoms with Crippen molar-refractivity contribution in [3.63, 3.8) is 0 Å². The van der Waals surface area contributed by atoms with Crippen molar-refractivity contribution >= 4 is 61.0 Å². The van der Waals surface area contributed by atoms with Crippen LogP contribution in [0.4, 0.5) is 5.69 Å². The van der Waals surface area contributed by atoms with Crippen molar-refractivity contribution in [3.05, 3.63) is 49.4 Å². The van der Waals surface area contributed by atoms with Crippen LogP contribution in [0.15, 0.2) is 30.2 Å². The van der Waals surface area contributed by atoms with Crippen LogP contribution >= 0.6 is 22.6 Å². The summed E-state index contributed by atoms with van der Waals surface area (Å²) < 4.78 is 24.7. The Kier molecular flexibility index (Phi) is 14.7. The van der Waals surface area contributed by atoms with E-state index in [1.54, 1.807) is 19.9 Å². The third-order valence-corrected chi connectivity index (χ3v) is 8.28. The Hall–Kier alpha value is -2.88. The molecule has 234 valence electrons. The predicted octanol–water partition coefficient (Wildman–Crippen LogP) is 3.42. The van der Waals surface area contributed by atoms with Crippen molar-refractivity contribution < 1.29 is 32.5 Å². The molecule has 0 saturated carbocycles. The van der Waals surface area contributed by atoms with Gasteiger partial charge in [0.25, 0.3) is 10.8 Å². The molecule has 0 heterocycles. The Balaban J connectivity index is 3.16. The number of nitrogens with one attached hydrogen (secondary N) is 3. The number of nitro groups is 1. The summed E-state index contributed by atoms with van der Waals surface area (Å²) in [6.07, 6.45) is 0.282. The monoisotopic (exact) mass is 720 g/mol. The predicted molar refractivity (Wildman–Crippen MR) is 168 cm³/mol. The molecule has 0 radical (unpaired) electrons. The summed E-state index contributed by atoms with van der Waals surface area (Å²) >= 11 is 1.83. The van der Waals surface area contributed by atoms with Crippen molar-refractivity contribution in [2.45, 2.75) is 85.4 Å². The molecule has 0 spiro atoms. The van der Waals surface area contributed by atoms with Crippen LogP contribution < -0.4 is 16.0 Å². The maximum absolute atomic E-state index is 13.4. The van der Waals surface area contributed by atoms with Gasteiger partial charge in [0.2, 0.25) is 27.6 Å². The van der Waals surface area contributed by atoms with Gasteiger partial charge in [-0.05, 0) is 71.2 Å². The van der Waals surface area contributed by atoms with E-state index in [1.807, 2.05) is 50.3 Å². The van der Waals surface area contributed by atoms with Gasteiger partial charge in [-0.3, -0.25) is 29.3 Å². The minimum absolute atomic E-state index is 0.0185. The van der Waals surface area contributed by atoms with Crippen LogP contribution in [0, 0.1) is 31.4 Å². The van der Waals surface area contributed by atoms with Gasteiger partial charge in [-0.1, -0.05) is 54.2 Å². The molecule has 42 heavy (non-hydrogen) atoms. The Morgan fingerprint density at radius 3 is 1.79 bits per heavy atom. The zero-order valence-corrected chi connectivity index (χ0v) is 27.8. The van der Waals surface area contributed by atoms with Crippen LogP contribution in [0.3, 0.4) is 0 Å². The molecule has 12 nitrogen and oxygen atoms in total. The summed E-state index contributed by atoms with van der Waals surface area (Å²) in [4.78, 5) is 63.0. The standard InChI is InChI=1S/C28H41IN4O8S/c1-8-42(40,41)28(37)23(13-18(6)7)32-27(36)22(12-17(4)5)31-26(35)21(11-16(2)3)30-25(34)15-19-9-10-20(29)24(14-19)33(38)39/h8-10,14,16-18,21-23H,1,11-13,15H2,2-7H3,(H,30,34)(H,31,35)(H,32,36)/t21-,22-,23-/m0/s1. The lowest BCUT2D eigenvalue weighted by atomic mass is 9.99. The molecule has 3 N–H and O–H groups in total. The maximum atomic E-state index is 13.4. The fourth-order valence-electron chi connectivity index (χ4n) is 4.16. The van der Waals surface area contributed by atoms with E-state index in [9.17, 15) is 37.7 Å². The maximum Gasteiger partial charge on any atom is 0.282 e. The van der Waals surface area contributed by atoms with E-state index >= 15 is 0 Å². The van der Waals surface area contributed by atoms with E-state index < -0.39 is 55.7 Å². The summed E-state index contributed by atoms with van der Waals surface area (Å²) in [6, 6.07) is 0.965. The van der Waals surface area contributed by atoms with Crippen LogP contribution in [0.1, 0.15) is 66.4 Å². The fraction of sp³-hybridized carbons (Fsp3) is 0.571. The van der Waals surface area contributed by atoms with Gasteiger partial charge in [0.1, 0.15) is 18.1 Å². The summed E-state index contributed by atoms with van der Waals surface area (Å²) in [5.41, 5.74) is 0.269. The fourth-order valence-corrected chi connectivity index (χ4v) is 5.40. The molecule has 0 aromatic heterocycles. The molecule has 0 aliphatic heterocycles.